The second-order valence-corrected chi connectivity index (χ2v) is 8.81. The number of hydrogen-bond donors (Lipinski definition) is 1. The molecule has 130 valence electrons. The van der Waals surface area contributed by atoms with Crippen molar-refractivity contribution in [3.05, 3.63) is 30.0 Å². The number of nitrogens with two attached hydrogens (primary N) is 1. The molecule has 4 heterocycles. The Bertz CT molecular complexity index is 1020. The topological polar surface area (TPSA) is 100 Å². The predicted octanol–water partition coefficient (Wildman–Crippen LogP) is 3.11. The lowest BCUT2D eigenvalue weighted by atomic mass is 9.93. The SMILES string of the molecule is Cc1occc1-c1nnc(Sc2nn3cc(C(C)(C)C)nc3s2)n1N. The van der Waals surface area contributed by atoms with Gasteiger partial charge in [0.15, 0.2) is 10.2 Å². The van der Waals surface area contributed by atoms with Crippen LogP contribution < -0.4 is 5.84 Å². The number of furan rings is 1. The summed E-state index contributed by atoms with van der Waals surface area (Å²) in [5.41, 5.74) is 1.84. The summed E-state index contributed by atoms with van der Waals surface area (Å²) in [6, 6.07) is 1.82. The van der Waals surface area contributed by atoms with Gasteiger partial charge in [-0.3, -0.25) is 0 Å². The summed E-state index contributed by atoms with van der Waals surface area (Å²) in [5.74, 6) is 7.45. The van der Waals surface area contributed by atoms with Crippen LogP contribution in [-0.2, 0) is 5.41 Å². The maximum Gasteiger partial charge on any atom is 0.217 e. The third-order valence-corrected chi connectivity index (χ3v) is 5.67. The Labute approximate surface area is 152 Å². The van der Waals surface area contributed by atoms with Gasteiger partial charge in [-0.25, -0.2) is 14.2 Å². The second-order valence-electron chi connectivity index (χ2n) is 6.64. The van der Waals surface area contributed by atoms with E-state index in [9.17, 15) is 0 Å². The Kier molecular flexibility index (Phi) is 3.62. The van der Waals surface area contributed by atoms with E-state index in [0.29, 0.717) is 11.0 Å². The first-order valence-electron chi connectivity index (χ1n) is 7.62. The first kappa shape index (κ1) is 16.2. The molecule has 4 rings (SSSR count). The van der Waals surface area contributed by atoms with Crippen molar-refractivity contribution in [2.75, 3.05) is 5.84 Å². The molecule has 0 aliphatic carbocycles. The van der Waals surface area contributed by atoms with Crippen LogP contribution in [0.4, 0.5) is 0 Å². The Balaban J connectivity index is 1.63. The van der Waals surface area contributed by atoms with Crippen LogP contribution in [0, 0.1) is 6.92 Å². The number of aromatic nitrogens is 6. The highest BCUT2D eigenvalue weighted by Gasteiger charge is 2.21. The van der Waals surface area contributed by atoms with E-state index in [-0.39, 0.29) is 5.41 Å². The summed E-state index contributed by atoms with van der Waals surface area (Å²) in [5, 5.41) is 13.4. The Morgan fingerprint density at radius 3 is 2.72 bits per heavy atom. The zero-order chi connectivity index (χ0) is 17.8. The third-order valence-electron chi connectivity index (χ3n) is 3.74. The van der Waals surface area contributed by atoms with Crippen LogP contribution in [-0.4, -0.2) is 29.5 Å². The van der Waals surface area contributed by atoms with E-state index < -0.39 is 0 Å². The molecule has 25 heavy (non-hydrogen) atoms. The van der Waals surface area contributed by atoms with Crippen LogP contribution >= 0.6 is 23.1 Å². The molecule has 0 spiro atoms. The zero-order valence-corrected chi connectivity index (χ0v) is 15.9. The molecule has 0 radical (unpaired) electrons. The summed E-state index contributed by atoms with van der Waals surface area (Å²) in [4.78, 5) is 5.49. The molecular weight excluding hydrogens is 358 g/mol. The van der Waals surface area contributed by atoms with E-state index in [4.69, 9.17) is 10.3 Å². The summed E-state index contributed by atoms with van der Waals surface area (Å²) in [6.07, 6.45) is 3.57. The Morgan fingerprint density at radius 2 is 2.08 bits per heavy atom. The standard InChI is InChI=1S/C15H17N7OS2/c1-8-9(5-6-23-8)11-18-19-13(22(11)16)25-14-20-21-7-10(15(2,3)4)17-12(21)24-14/h5-7H,16H2,1-4H3. The van der Waals surface area contributed by atoms with E-state index in [0.717, 1.165) is 26.3 Å². The minimum atomic E-state index is -0.00445. The quantitative estimate of drug-likeness (QED) is 0.549. The number of imidazole rings is 1. The first-order valence-corrected chi connectivity index (χ1v) is 9.26. The average molecular weight is 375 g/mol. The minimum absolute atomic E-state index is 0.00445. The lowest BCUT2D eigenvalue weighted by molar-refractivity contribution is 0.535. The highest BCUT2D eigenvalue weighted by molar-refractivity contribution is 8.01. The van der Waals surface area contributed by atoms with Crippen LogP contribution in [0.2, 0.25) is 0 Å². The normalized spacial score (nSPS) is 12.3. The van der Waals surface area contributed by atoms with Crippen molar-refractivity contribution in [1.29, 1.82) is 0 Å². The van der Waals surface area contributed by atoms with Crippen molar-refractivity contribution in [2.24, 2.45) is 0 Å². The smallest absolute Gasteiger partial charge is 0.217 e. The maximum absolute atomic E-state index is 6.15. The van der Waals surface area contributed by atoms with Crippen molar-refractivity contribution in [3.8, 4) is 11.4 Å². The molecule has 0 saturated heterocycles. The zero-order valence-electron chi connectivity index (χ0n) is 14.2. The largest absolute Gasteiger partial charge is 0.469 e. The maximum atomic E-state index is 6.15. The fourth-order valence-electron chi connectivity index (χ4n) is 2.31. The number of aryl methyl sites for hydroxylation is 1. The van der Waals surface area contributed by atoms with Gasteiger partial charge in [-0.2, -0.15) is 0 Å². The molecule has 4 aromatic heterocycles. The minimum Gasteiger partial charge on any atom is -0.469 e. The molecule has 10 heteroatoms. The molecule has 0 saturated carbocycles. The Hall–Kier alpha value is -2.33. The van der Waals surface area contributed by atoms with Gasteiger partial charge in [0.05, 0.1) is 23.7 Å². The van der Waals surface area contributed by atoms with E-state index in [1.807, 2.05) is 19.2 Å². The monoisotopic (exact) mass is 375 g/mol. The number of hydrogen-bond acceptors (Lipinski definition) is 8. The lowest BCUT2D eigenvalue weighted by Crippen LogP contribution is -2.11. The molecule has 0 atom stereocenters. The van der Waals surface area contributed by atoms with Crippen molar-refractivity contribution >= 4 is 28.1 Å². The van der Waals surface area contributed by atoms with Gasteiger partial charge in [0.25, 0.3) is 0 Å². The predicted molar refractivity (Wildman–Crippen MR) is 96.3 cm³/mol. The first-order chi connectivity index (χ1) is 11.8. The van der Waals surface area contributed by atoms with Gasteiger partial charge in [0.2, 0.25) is 10.1 Å². The number of fused-ring (bicyclic) bond motifs is 1. The van der Waals surface area contributed by atoms with Gasteiger partial charge in [0, 0.05) is 5.41 Å². The fourth-order valence-corrected chi connectivity index (χ4v) is 4.09. The summed E-state index contributed by atoms with van der Waals surface area (Å²) in [6.45, 7) is 8.25. The molecule has 0 fully saturated rings. The Morgan fingerprint density at radius 1 is 1.28 bits per heavy atom. The molecule has 0 unspecified atom stereocenters. The summed E-state index contributed by atoms with van der Waals surface area (Å²) < 4.78 is 9.36. The van der Waals surface area contributed by atoms with Crippen LogP contribution in [0.1, 0.15) is 32.2 Å². The van der Waals surface area contributed by atoms with Crippen LogP contribution in [0.15, 0.2) is 32.4 Å². The second kappa shape index (κ2) is 5.60. The van der Waals surface area contributed by atoms with Gasteiger partial charge in [-0.05, 0) is 24.8 Å². The molecule has 0 amide bonds. The van der Waals surface area contributed by atoms with Crippen molar-refractivity contribution < 1.29 is 4.42 Å². The number of rotatable bonds is 3. The highest BCUT2D eigenvalue weighted by atomic mass is 32.2. The van der Waals surface area contributed by atoms with Gasteiger partial charge >= 0.3 is 0 Å². The fraction of sp³-hybridized carbons (Fsp3) is 0.333. The summed E-state index contributed by atoms with van der Waals surface area (Å²) >= 11 is 2.86. The molecule has 0 aliphatic rings. The van der Waals surface area contributed by atoms with Crippen LogP contribution in [0.3, 0.4) is 0 Å². The van der Waals surface area contributed by atoms with E-state index in [1.165, 1.54) is 27.8 Å². The van der Waals surface area contributed by atoms with Crippen molar-refractivity contribution in [2.45, 2.75) is 42.6 Å². The van der Waals surface area contributed by atoms with Gasteiger partial charge in [-0.15, -0.1) is 15.3 Å². The van der Waals surface area contributed by atoms with E-state index in [2.05, 4.69) is 41.1 Å². The van der Waals surface area contributed by atoms with Crippen molar-refractivity contribution in [1.82, 2.24) is 29.5 Å². The van der Waals surface area contributed by atoms with E-state index >= 15 is 0 Å². The molecule has 8 nitrogen and oxygen atoms in total. The van der Waals surface area contributed by atoms with Crippen LogP contribution in [0.25, 0.3) is 16.3 Å². The van der Waals surface area contributed by atoms with Gasteiger partial charge in [-0.1, -0.05) is 32.1 Å². The molecule has 2 N–H and O–H groups in total. The lowest BCUT2D eigenvalue weighted by Gasteiger charge is -2.13. The number of nitrogen functional groups attached to an aromatic ring is 1. The van der Waals surface area contributed by atoms with Crippen LogP contribution in [0.5, 0.6) is 0 Å². The molecule has 0 aliphatic heterocycles. The highest BCUT2D eigenvalue weighted by Crippen LogP contribution is 2.33. The molecular formula is C15H17N7OS2. The molecule has 0 bridgehead atoms. The summed E-state index contributed by atoms with van der Waals surface area (Å²) in [7, 11) is 0. The van der Waals surface area contributed by atoms with Gasteiger partial charge in [0.1, 0.15) is 5.76 Å². The molecule has 4 aromatic rings. The third kappa shape index (κ3) is 2.81. The van der Waals surface area contributed by atoms with Crippen molar-refractivity contribution in [3.63, 3.8) is 0 Å². The average Bonchev–Trinajstić information content (AvgIpc) is 3.24. The van der Waals surface area contributed by atoms with Gasteiger partial charge < -0.3 is 10.3 Å². The van der Waals surface area contributed by atoms with E-state index in [1.54, 1.807) is 10.8 Å². The molecule has 0 aromatic carbocycles. The number of nitrogens with zero attached hydrogens (tertiary/aromatic N) is 6.